The molecule has 0 aliphatic rings. The van der Waals surface area contributed by atoms with Gasteiger partial charge in [-0.25, -0.2) is 4.79 Å². The highest BCUT2D eigenvalue weighted by Crippen LogP contribution is 2.25. The van der Waals surface area contributed by atoms with Gasteiger partial charge in [-0.3, -0.25) is 4.79 Å². The zero-order valence-corrected chi connectivity index (χ0v) is 15.5. The lowest BCUT2D eigenvalue weighted by Gasteiger charge is -2.09. The summed E-state index contributed by atoms with van der Waals surface area (Å²) in [5.74, 6) is -0.0365. The van der Waals surface area contributed by atoms with Crippen molar-refractivity contribution in [3.63, 3.8) is 0 Å². The molecule has 0 unspecified atom stereocenters. The Labute approximate surface area is 152 Å². The monoisotopic (exact) mass is 410 g/mol. The van der Waals surface area contributed by atoms with Crippen LogP contribution in [0.15, 0.2) is 40.2 Å². The smallest absolute Gasteiger partial charge is 0.331 e. The van der Waals surface area contributed by atoms with Gasteiger partial charge >= 0.3 is 5.97 Å². The Bertz CT molecular complexity index is 766. The van der Waals surface area contributed by atoms with E-state index in [1.807, 2.05) is 12.1 Å². The van der Waals surface area contributed by atoms with Crippen LogP contribution in [0.3, 0.4) is 0 Å². The van der Waals surface area contributed by atoms with Crippen molar-refractivity contribution >= 4 is 45.1 Å². The molecular weight excluding hydrogens is 396 g/mol. The van der Waals surface area contributed by atoms with Gasteiger partial charge in [0, 0.05) is 11.0 Å². The van der Waals surface area contributed by atoms with Gasteiger partial charge in [0.15, 0.2) is 6.61 Å². The van der Waals surface area contributed by atoms with E-state index in [2.05, 4.69) is 15.9 Å². The van der Waals surface area contributed by atoms with Crippen LogP contribution in [-0.2, 0) is 9.53 Å². The molecule has 0 spiro atoms. The number of rotatable bonds is 7. The fraction of sp³-hybridized carbons (Fsp3) is 0.176. The summed E-state index contributed by atoms with van der Waals surface area (Å²) in [5, 5.41) is 0. The third kappa shape index (κ3) is 4.94. The van der Waals surface area contributed by atoms with Gasteiger partial charge in [-0.05, 0) is 52.3 Å². The van der Waals surface area contributed by atoms with Gasteiger partial charge in [-0.2, -0.15) is 0 Å². The molecule has 0 N–H and O–H groups in total. The van der Waals surface area contributed by atoms with E-state index in [9.17, 15) is 9.59 Å². The van der Waals surface area contributed by atoms with Gasteiger partial charge in [0.2, 0.25) is 5.78 Å². The first-order valence-corrected chi connectivity index (χ1v) is 8.50. The second-order valence-electron chi connectivity index (χ2n) is 4.57. The Morgan fingerprint density at radius 3 is 2.58 bits per heavy atom. The Hall–Kier alpha value is -2.12. The number of esters is 1. The number of carbonyl (C=O) groups excluding carboxylic acids is 2. The molecule has 2 rings (SSSR count). The standard InChI is InChI=1S/C17H15BrO5S/c1-21-11-3-6-15(22-2)13(9-11)14(19)10-23-17(20)8-5-12-4-7-16(18)24-12/h3-9H,10H2,1-2H3/b8-5+. The van der Waals surface area contributed by atoms with E-state index in [4.69, 9.17) is 14.2 Å². The second kappa shape index (κ2) is 8.65. The lowest BCUT2D eigenvalue weighted by Crippen LogP contribution is -2.13. The number of halogens is 1. The Kier molecular flexibility index (Phi) is 6.57. The van der Waals surface area contributed by atoms with Crippen molar-refractivity contribution in [1.29, 1.82) is 0 Å². The van der Waals surface area contributed by atoms with Crippen LogP contribution in [0.5, 0.6) is 11.5 Å². The highest BCUT2D eigenvalue weighted by atomic mass is 79.9. The first-order valence-electron chi connectivity index (χ1n) is 6.89. The van der Waals surface area contributed by atoms with Crippen molar-refractivity contribution in [1.82, 2.24) is 0 Å². The van der Waals surface area contributed by atoms with Crippen LogP contribution < -0.4 is 9.47 Å². The minimum absolute atomic E-state index is 0.302. The quantitative estimate of drug-likeness (QED) is 0.392. The topological polar surface area (TPSA) is 61.8 Å². The van der Waals surface area contributed by atoms with Crippen molar-refractivity contribution in [2.75, 3.05) is 20.8 Å². The average Bonchev–Trinajstić information content (AvgIpc) is 3.02. The molecular formula is C17H15BrO5S. The predicted octanol–water partition coefficient (Wildman–Crippen LogP) is 3.97. The van der Waals surface area contributed by atoms with Crippen LogP contribution in [0.25, 0.3) is 6.08 Å². The molecule has 126 valence electrons. The zero-order valence-electron chi connectivity index (χ0n) is 13.1. The molecule has 0 aliphatic carbocycles. The van der Waals surface area contributed by atoms with Gasteiger partial charge in [0.25, 0.3) is 0 Å². The number of thiophene rings is 1. The van der Waals surface area contributed by atoms with Crippen LogP contribution in [0.4, 0.5) is 0 Å². The first-order chi connectivity index (χ1) is 11.5. The second-order valence-corrected chi connectivity index (χ2v) is 7.07. The summed E-state index contributed by atoms with van der Waals surface area (Å²) in [6, 6.07) is 8.61. The summed E-state index contributed by atoms with van der Waals surface area (Å²) in [6.07, 6.45) is 2.92. The number of carbonyl (C=O) groups is 2. The van der Waals surface area contributed by atoms with Crippen molar-refractivity contribution < 1.29 is 23.8 Å². The van der Waals surface area contributed by atoms with E-state index >= 15 is 0 Å². The molecule has 0 saturated carbocycles. The molecule has 0 bridgehead atoms. The Morgan fingerprint density at radius 1 is 1.17 bits per heavy atom. The van der Waals surface area contributed by atoms with E-state index in [1.165, 1.54) is 31.6 Å². The minimum Gasteiger partial charge on any atom is -0.497 e. The summed E-state index contributed by atoms with van der Waals surface area (Å²) in [7, 11) is 2.97. The number of ketones is 1. The molecule has 24 heavy (non-hydrogen) atoms. The summed E-state index contributed by atoms with van der Waals surface area (Å²) in [4.78, 5) is 24.8. The summed E-state index contributed by atoms with van der Waals surface area (Å²) >= 11 is 4.83. The summed E-state index contributed by atoms with van der Waals surface area (Å²) in [6.45, 7) is -0.374. The SMILES string of the molecule is COc1ccc(OC)c(C(=O)COC(=O)/C=C/c2ccc(Br)s2)c1. The largest absolute Gasteiger partial charge is 0.497 e. The molecule has 0 saturated heterocycles. The minimum atomic E-state index is -0.588. The molecule has 0 amide bonds. The fourth-order valence-electron chi connectivity index (χ4n) is 1.86. The van der Waals surface area contributed by atoms with Crippen LogP contribution in [0.2, 0.25) is 0 Å². The van der Waals surface area contributed by atoms with Crippen molar-refractivity contribution in [2.24, 2.45) is 0 Å². The first kappa shape index (κ1) is 18.2. The van der Waals surface area contributed by atoms with Crippen molar-refractivity contribution in [3.8, 4) is 11.5 Å². The molecule has 5 nitrogen and oxygen atoms in total. The summed E-state index contributed by atoms with van der Waals surface area (Å²) in [5.41, 5.74) is 0.302. The van der Waals surface area contributed by atoms with Crippen LogP contribution in [0, 0.1) is 0 Å². The third-order valence-corrected chi connectivity index (χ3v) is 4.62. The zero-order chi connectivity index (χ0) is 17.5. The van der Waals surface area contributed by atoms with E-state index in [0.29, 0.717) is 17.1 Å². The number of methoxy groups -OCH3 is 2. The Balaban J connectivity index is 1.97. The lowest BCUT2D eigenvalue weighted by atomic mass is 10.1. The van der Waals surface area contributed by atoms with Crippen LogP contribution in [0.1, 0.15) is 15.2 Å². The molecule has 1 aromatic heterocycles. The predicted molar refractivity (Wildman–Crippen MR) is 95.9 cm³/mol. The van der Waals surface area contributed by atoms with Crippen molar-refractivity contribution in [2.45, 2.75) is 0 Å². The van der Waals surface area contributed by atoms with E-state index in [-0.39, 0.29) is 12.4 Å². The molecule has 7 heteroatoms. The normalized spacial score (nSPS) is 10.6. The highest BCUT2D eigenvalue weighted by molar-refractivity contribution is 9.11. The molecule has 2 aromatic rings. The van der Waals surface area contributed by atoms with Crippen molar-refractivity contribution in [3.05, 3.63) is 50.6 Å². The molecule has 0 atom stereocenters. The maximum absolute atomic E-state index is 12.2. The number of Topliss-reactive ketones (excluding diaryl/α,β-unsaturated/α-hetero) is 1. The van der Waals surface area contributed by atoms with E-state index in [1.54, 1.807) is 24.3 Å². The molecule has 0 fully saturated rings. The average molecular weight is 411 g/mol. The van der Waals surface area contributed by atoms with Gasteiger partial charge in [-0.15, -0.1) is 11.3 Å². The van der Waals surface area contributed by atoms with Crippen LogP contribution in [-0.4, -0.2) is 32.6 Å². The Morgan fingerprint density at radius 2 is 1.96 bits per heavy atom. The van der Waals surface area contributed by atoms with Crippen LogP contribution >= 0.6 is 27.3 Å². The van der Waals surface area contributed by atoms with E-state index in [0.717, 1.165) is 8.66 Å². The fourth-order valence-corrected chi connectivity index (χ4v) is 3.19. The maximum atomic E-state index is 12.2. The number of hydrogen-bond donors (Lipinski definition) is 0. The van der Waals surface area contributed by atoms with E-state index < -0.39 is 5.97 Å². The summed E-state index contributed by atoms with van der Waals surface area (Å²) < 4.78 is 16.2. The lowest BCUT2D eigenvalue weighted by molar-refractivity contribution is -0.136. The number of ether oxygens (including phenoxy) is 3. The van der Waals surface area contributed by atoms with Gasteiger partial charge in [0.05, 0.1) is 23.6 Å². The maximum Gasteiger partial charge on any atom is 0.331 e. The molecule has 0 aliphatic heterocycles. The number of hydrogen-bond acceptors (Lipinski definition) is 6. The molecule has 1 aromatic carbocycles. The third-order valence-electron chi connectivity index (χ3n) is 3.03. The highest BCUT2D eigenvalue weighted by Gasteiger charge is 2.15. The molecule has 1 heterocycles. The van der Waals surface area contributed by atoms with Gasteiger partial charge in [-0.1, -0.05) is 0 Å². The number of benzene rings is 1. The molecule has 0 radical (unpaired) electrons. The van der Waals surface area contributed by atoms with Gasteiger partial charge in [0.1, 0.15) is 11.5 Å². The van der Waals surface area contributed by atoms with Gasteiger partial charge < -0.3 is 14.2 Å².